The molecule has 1 aromatic carbocycles. The SMILES string of the molecule is CC(C)(C)CCNc1ccc([N+](=O)[O-])cc1. The molecule has 0 radical (unpaired) electrons. The fourth-order valence-corrected chi connectivity index (χ4v) is 1.28. The average molecular weight is 222 g/mol. The van der Waals surface area contributed by atoms with Crippen molar-refractivity contribution in [2.45, 2.75) is 27.2 Å². The third kappa shape index (κ3) is 4.29. The van der Waals surface area contributed by atoms with Crippen LogP contribution in [-0.2, 0) is 0 Å². The highest BCUT2D eigenvalue weighted by Crippen LogP contribution is 2.19. The van der Waals surface area contributed by atoms with Gasteiger partial charge in [0.1, 0.15) is 0 Å². The first-order valence-corrected chi connectivity index (χ1v) is 5.37. The van der Waals surface area contributed by atoms with Crippen LogP contribution in [0.25, 0.3) is 0 Å². The molecule has 0 aromatic heterocycles. The van der Waals surface area contributed by atoms with Gasteiger partial charge in [0.2, 0.25) is 0 Å². The summed E-state index contributed by atoms with van der Waals surface area (Å²) in [5.74, 6) is 0. The standard InChI is InChI=1S/C12H18N2O2/c1-12(2,3)8-9-13-10-4-6-11(7-5-10)14(15)16/h4-7,13H,8-9H2,1-3H3. The molecule has 0 bridgehead atoms. The number of nitrogens with zero attached hydrogens (tertiary/aromatic N) is 1. The number of hydrogen-bond acceptors (Lipinski definition) is 3. The molecule has 0 saturated carbocycles. The van der Waals surface area contributed by atoms with Gasteiger partial charge in [0, 0.05) is 24.4 Å². The predicted molar refractivity (Wildman–Crippen MR) is 65.7 cm³/mol. The number of nitro benzene ring substituents is 1. The van der Waals surface area contributed by atoms with Gasteiger partial charge in [0.25, 0.3) is 5.69 Å². The Kier molecular flexibility index (Phi) is 3.88. The first kappa shape index (κ1) is 12.5. The molecule has 0 aliphatic heterocycles. The summed E-state index contributed by atoms with van der Waals surface area (Å²) < 4.78 is 0. The van der Waals surface area contributed by atoms with Gasteiger partial charge in [-0.3, -0.25) is 10.1 Å². The molecular weight excluding hydrogens is 204 g/mol. The second-order valence-corrected chi connectivity index (χ2v) is 5.04. The summed E-state index contributed by atoms with van der Waals surface area (Å²) in [7, 11) is 0. The topological polar surface area (TPSA) is 55.2 Å². The Bertz CT molecular complexity index is 352. The van der Waals surface area contributed by atoms with Gasteiger partial charge in [0.15, 0.2) is 0 Å². The Morgan fingerprint density at radius 3 is 2.25 bits per heavy atom. The average Bonchev–Trinajstić information content (AvgIpc) is 2.16. The molecule has 0 atom stereocenters. The van der Waals surface area contributed by atoms with Crippen molar-refractivity contribution in [2.75, 3.05) is 11.9 Å². The molecule has 0 saturated heterocycles. The van der Waals surface area contributed by atoms with Gasteiger partial charge in [-0.2, -0.15) is 0 Å². The quantitative estimate of drug-likeness (QED) is 0.627. The van der Waals surface area contributed by atoms with Crippen LogP contribution in [0.3, 0.4) is 0 Å². The lowest BCUT2D eigenvalue weighted by Crippen LogP contribution is -2.12. The van der Waals surface area contributed by atoms with E-state index >= 15 is 0 Å². The van der Waals surface area contributed by atoms with Crippen molar-refractivity contribution in [2.24, 2.45) is 5.41 Å². The van der Waals surface area contributed by atoms with Crippen molar-refractivity contribution in [3.63, 3.8) is 0 Å². The molecule has 1 rings (SSSR count). The molecule has 1 N–H and O–H groups in total. The second kappa shape index (κ2) is 4.96. The monoisotopic (exact) mass is 222 g/mol. The molecule has 4 heteroatoms. The Hall–Kier alpha value is -1.58. The number of non-ortho nitro benzene ring substituents is 1. The maximum absolute atomic E-state index is 10.4. The Morgan fingerprint density at radius 1 is 1.25 bits per heavy atom. The zero-order chi connectivity index (χ0) is 12.2. The minimum atomic E-state index is -0.390. The largest absolute Gasteiger partial charge is 0.385 e. The van der Waals surface area contributed by atoms with Crippen molar-refractivity contribution in [3.8, 4) is 0 Å². The number of benzene rings is 1. The Morgan fingerprint density at radius 2 is 1.81 bits per heavy atom. The van der Waals surface area contributed by atoms with Crippen LogP contribution in [0.5, 0.6) is 0 Å². The van der Waals surface area contributed by atoms with Gasteiger partial charge in [-0.05, 0) is 24.0 Å². The van der Waals surface area contributed by atoms with E-state index < -0.39 is 0 Å². The summed E-state index contributed by atoms with van der Waals surface area (Å²) >= 11 is 0. The number of nitro groups is 1. The summed E-state index contributed by atoms with van der Waals surface area (Å²) in [4.78, 5) is 10.1. The van der Waals surface area contributed by atoms with Crippen LogP contribution >= 0.6 is 0 Å². The van der Waals surface area contributed by atoms with E-state index in [1.807, 2.05) is 0 Å². The summed E-state index contributed by atoms with van der Waals surface area (Å²) in [6.07, 6.45) is 1.06. The van der Waals surface area contributed by atoms with E-state index in [-0.39, 0.29) is 10.6 Å². The molecule has 16 heavy (non-hydrogen) atoms. The van der Waals surface area contributed by atoms with Gasteiger partial charge in [0.05, 0.1) is 4.92 Å². The molecule has 0 fully saturated rings. The molecule has 0 heterocycles. The summed E-state index contributed by atoms with van der Waals surface area (Å²) in [6.45, 7) is 7.43. The lowest BCUT2D eigenvalue weighted by Gasteiger charge is -2.18. The molecule has 0 unspecified atom stereocenters. The summed E-state index contributed by atoms with van der Waals surface area (Å²) in [5.41, 5.74) is 1.35. The highest BCUT2D eigenvalue weighted by atomic mass is 16.6. The van der Waals surface area contributed by atoms with Gasteiger partial charge in [-0.1, -0.05) is 20.8 Å². The second-order valence-electron chi connectivity index (χ2n) is 5.04. The Balaban J connectivity index is 2.47. The van der Waals surface area contributed by atoms with E-state index in [4.69, 9.17) is 0 Å². The summed E-state index contributed by atoms with van der Waals surface area (Å²) in [6, 6.07) is 6.50. The van der Waals surface area contributed by atoms with E-state index in [0.717, 1.165) is 18.7 Å². The van der Waals surface area contributed by atoms with E-state index in [0.29, 0.717) is 5.41 Å². The maximum Gasteiger partial charge on any atom is 0.269 e. The molecule has 0 spiro atoms. The van der Waals surface area contributed by atoms with Gasteiger partial charge in [-0.15, -0.1) is 0 Å². The highest BCUT2D eigenvalue weighted by molar-refractivity contribution is 5.48. The molecule has 0 aliphatic rings. The van der Waals surface area contributed by atoms with Crippen LogP contribution in [0, 0.1) is 15.5 Å². The number of nitrogens with one attached hydrogen (secondary N) is 1. The first-order valence-electron chi connectivity index (χ1n) is 5.37. The molecule has 0 aliphatic carbocycles. The van der Waals surface area contributed by atoms with Gasteiger partial charge < -0.3 is 5.32 Å². The zero-order valence-electron chi connectivity index (χ0n) is 9.99. The smallest absolute Gasteiger partial charge is 0.269 e. The maximum atomic E-state index is 10.4. The third-order valence-corrected chi connectivity index (χ3v) is 2.28. The number of anilines is 1. The normalized spacial score (nSPS) is 11.2. The van der Waals surface area contributed by atoms with Crippen LogP contribution in [0.2, 0.25) is 0 Å². The minimum Gasteiger partial charge on any atom is -0.385 e. The lowest BCUT2D eigenvalue weighted by molar-refractivity contribution is -0.384. The van der Waals surface area contributed by atoms with Gasteiger partial charge >= 0.3 is 0 Å². The van der Waals surface area contributed by atoms with E-state index in [2.05, 4.69) is 26.1 Å². The van der Waals surface area contributed by atoms with Crippen LogP contribution in [0.1, 0.15) is 27.2 Å². The van der Waals surface area contributed by atoms with Crippen LogP contribution in [-0.4, -0.2) is 11.5 Å². The fourth-order valence-electron chi connectivity index (χ4n) is 1.28. The van der Waals surface area contributed by atoms with Crippen molar-refractivity contribution in [1.82, 2.24) is 0 Å². The fraction of sp³-hybridized carbons (Fsp3) is 0.500. The first-order chi connectivity index (χ1) is 7.38. The van der Waals surface area contributed by atoms with E-state index in [9.17, 15) is 10.1 Å². The molecule has 4 nitrogen and oxygen atoms in total. The highest BCUT2D eigenvalue weighted by Gasteiger charge is 2.09. The van der Waals surface area contributed by atoms with E-state index in [1.54, 1.807) is 12.1 Å². The summed E-state index contributed by atoms with van der Waals surface area (Å²) in [5, 5.41) is 13.7. The molecular formula is C12H18N2O2. The third-order valence-electron chi connectivity index (χ3n) is 2.28. The van der Waals surface area contributed by atoms with Crippen LogP contribution < -0.4 is 5.32 Å². The van der Waals surface area contributed by atoms with Crippen molar-refractivity contribution in [1.29, 1.82) is 0 Å². The minimum absolute atomic E-state index is 0.126. The predicted octanol–water partition coefficient (Wildman–Crippen LogP) is 3.44. The number of rotatable bonds is 4. The Labute approximate surface area is 95.8 Å². The zero-order valence-corrected chi connectivity index (χ0v) is 9.99. The molecule has 1 aromatic rings. The molecule has 88 valence electrons. The van der Waals surface area contributed by atoms with Crippen LogP contribution in [0.4, 0.5) is 11.4 Å². The lowest BCUT2D eigenvalue weighted by atomic mass is 9.92. The van der Waals surface area contributed by atoms with Crippen molar-refractivity contribution < 1.29 is 4.92 Å². The number of hydrogen-bond donors (Lipinski definition) is 1. The van der Waals surface area contributed by atoms with E-state index in [1.165, 1.54) is 12.1 Å². The molecule has 0 amide bonds. The van der Waals surface area contributed by atoms with Gasteiger partial charge in [-0.25, -0.2) is 0 Å². The van der Waals surface area contributed by atoms with Crippen molar-refractivity contribution in [3.05, 3.63) is 34.4 Å². The van der Waals surface area contributed by atoms with Crippen molar-refractivity contribution >= 4 is 11.4 Å². The van der Waals surface area contributed by atoms with Crippen LogP contribution in [0.15, 0.2) is 24.3 Å².